The van der Waals surface area contributed by atoms with Crippen LogP contribution in [0.2, 0.25) is 0 Å². The normalized spacial score (nSPS) is 10.9. The molecule has 0 aliphatic rings. The van der Waals surface area contributed by atoms with E-state index in [1.807, 2.05) is 0 Å². The molecule has 7 nitrogen and oxygen atoms in total. The van der Waals surface area contributed by atoms with Gasteiger partial charge in [-0.05, 0) is 47.5 Å². The summed E-state index contributed by atoms with van der Waals surface area (Å²) < 4.78 is 14.7. The van der Waals surface area contributed by atoms with Crippen LogP contribution in [0.3, 0.4) is 0 Å². The summed E-state index contributed by atoms with van der Waals surface area (Å²) >= 11 is 0. The van der Waals surface area contributed by atoms with Gasteiger partial charge in [0, 0.05) is 12.2 Å². The topological polar surface area (TPSA) is 102 Å². The van der Waals surface area contributed by atoms with E-state index < -0.39 is 11.9 Å². The number of benzene rings is 2. The van der Waals surface area contributed by atoms with Gasteiger partial charge in [0.1, 0.15) is 5.75 Å². The zero-order chi connectivity index (χ0) is 19.8. The molecule has 0 bridgehead atoms. The maximum absolute atomic E-state index is 11.7. The van der Waals surface area contributed by atoms with Crippen LogP contribution in [0.25, 0.3) is 12.2 Å². The second-order valence-electron chi connectivity index (χ2n) is 5.27. The third-order valence-corrected chi connectivity index (χ3v) is 3.42. The molecule has 0 atom stereocenters. The Kier molecular flexibility index (Phi) is 6.60. The molecular weight excluding hydrogens is 352 g/mol. The number of phenols is 2. The molecule has 0 spiro atoms. The van der Waals surface area contributed by atoms with Crippen LogP contribution in [0, 0.1) is 0 Å². The third-order valence-electron chi connectivity index (χ3n) is 3.42. The number of aromatic hydroxyl groups is 2. The SMILES string of the molecule is COc1cc(/C=C/C(=O)OC(=O)/C=C/c2ccc(O)cc2)cc(OC)c1O. The van der Waals surface area contributed by atoms with E-state index in [1.54, 1.807) is 12.1 Å². The number of phenolic OH excluding ortho intramolecular Hbond substituents is 2. The van der Waals surface area contributed by atoms with Crippen LogP contribution in [0.1, 0.15) is 11.1 Å². The molecule has 140 valence electrons. The summed E-state index contributed by atoms with van der Waals surface area (Å²) in [4.78, 5) is 23.4. The molecule has 0 amide bonds. The molecule has 2 N–H and O–H groups in total. The quantitative estimate of drug-likeness (QED) is 0.458. The Morgan fingerprint density at radius 1 is 0.815 bits per heavy atom. The van der Waals surface area contributed by atoms with Crippen molar-refractivity contribution in [1.82, 2.24) is 0 Å². The summed E-state index contributed by atoms with van der Waals surface area (Å²) in [6.07, 6.45) is 5.01. The molecule has 27 heavy (non-hydrogen) atoms. The van der Waals surface area contributed by atoms with E-state index >= 15 is 0 Å². The number of carbonyl (C=O) groups is 2. The number of methoxy groups -OCH3 is 2. The van der Waals surface area contributed by atoms with Crippen LogP contribution in [-0.4, -0.2) is 36.4 Å². The van der Waals surface area contributed by atoms with E-state index in [4.69, 9.17) is 9.47 Å². The first-order chi connectivity index (χ1) is 12.9. The minimum atomic E-state index is -0.860. The van der Waals surface area contributed by atoms with Gasteiger partial charge in [0.15, 0.2) is 11.5 Å². The highest BCUT2D eigenvalue weighted by Crippen LogP contribution is 2.37. The number of hydrogen-bond acceptors (Lipinski definition) is 7. The fraction of sp³-hybridized carbons (Fsp3) is 0.100. The standard InChI is InChI=1S/C20H18O7/c1-25-16-11-14(12-17(26-2)20(16)24)6-10-19(23)27-18(22)9-5-13-3-7-15(21)8-4-13/h3-12,21,24H,1-2H3/b9-5+,10-6+. The van der Waals surface area contributed by atoms with Crippen molar-refractivity contribution >= 4 is 24.1 Å². The van der Waals surface area contributed by atoms with Crippen LogP contribution in [-0.2, 0) is 14.3 Å². The lowest BCUT2D eigenvalue weighted by molar-refractivity contribution is -0.152. The first-order valence-electron chi connectivity index (χ1n) is 7.79. The number of hydrogen-bond donors (Lipinski definition) is 2. The van der Waals surface area contributed by atoms with Crippen molar-refractivity contribution in [3.63, 3.8) is 0 Å². The van der Waals surface area contributed by atoms with Gasteiger partial charge in [-0.25, -0.2) is 9.59 Å². The molecule has 0 fully saturated rings. The van der Waals surface area contributed by atoms with E-state index in [0.717, 1.165) is 12.2 Å². The smallest absolute Gasteiger partial charge is 0.338 e. The van der Waals surface area contributed by atoms with Crippen LogP contribution in [0.15, 0.2) is 48.6 Å². The molecule has 2 aromatic carbocycles. The molecule has 0 saturated heterocycles. The second-order valence-corrected chi connectivity index (χ2v) is 5.27. The Balaban J connectivity index is 2.00. The lowest BCUT2D eigenvalue weighted by Gasteiger charge is -2.09. The molecule has 0 heterocycles. The van der Waals surface area contributed by atoms with E-state index in [1.165, 1.54) is 50.6 Å². The molecule has 0 saturated carbocycles. The predicted octanol–water partition coefficient (Wildman–Crippen LogP) is 2.91. The molecule has 0 aliphatic heterocycles. The summed E-state index contributed by atoms with van der Waals surface area (Å²) in [5, 5.41) is 19.0. The maximum atomic E-state index is 11.7. The molecular formula is C20H18O7. The lowest BCUT2D eigenvalue weighted by atomic mass is 10.1. The average Bonchev–Trinajstić information content (AvgIpc) is 2.66. The summed E-state index contributed by atoms with van der Waals surface area (Å²) in [7, 11) is 2.77. The van der Waals surface area contributed by atoms with E-state index in [-0.39, 0.29) is 23.0 Å². The highest BCUT2D eigenvalue weighted by atomic mass is 16.6. The Morgan fingerprint density at radius 2 is 1.30 bits per heavy atom. The first kappa shape index (κ1) is 19.6. The summed E-state index contributed by atoms with van der Waals surface area (Å²) in [6.45, 7) is 0. The van der Waals surface area contributed by atoms with Crippen molar-refractivity contribution < 1.29 is 34.0 Å². The van der Waals surface area contributed by atoms with Gasteiger partial charge < -0.3 is 24.4 Å². The molecule has 0 radical (unpaired) electrons. The summed E-state index contributed by atoms with van der Waals surface area (Å²) in [6, 6.07) is 9.14. The average molecular weight is 370 g/mol. The molecule has 2 rings (SSSR count). The molecule has 2 aromatic rings. The fourth-order valence-electron chi connectivity index (χ4n) is 2.09. The van der Waals surface area contributed by atoms with Crippen LogP contribution < -0.4 is 9.47 Å². The van der Waals surface area contributed by atoms with Crippen molar-refractivity contribution in [2.75, 3.05) is 14.2 Å². The molecule has 0 unspecified atom stereocenters. The van der Waals surface area contributed by atoms with Crippen molar-refractivity contribution in [3.05, 3.63) is 59.7 Å². The largest absolute Gasteiger partial charge is 0.508 e. The van der Waals surface area contributed by atoms with Crippen molar-refractivity contribution in [3.8, 4) is 23.0 Å². The molecule has 7 heteroatoms. The predicted molar refractivity (Wildman–Crippen MR) is 98.5 cm³/mol. The second kappa shape index (κ2) is 9.10. The van der Waals surface area contributed by atoms with Crippen LogP contribution in [0.5, 0.6) is 23.0 Å². The van der Waals surface area contributed by atoms with Gasteiger partial charge in [0.2, 0.25) is 5.75 Å². The minimum Gasteiger partial charge on any atom is -0.508 e. The van der Waals surface area contributed by atoms with Crippen LogP contribution in [0.4, 0.5) is 0 Å². The highest BCUT2D eigenvalue weighted by Gasteiger charge is 2.10. The van der Waals surface area contributed by atoms with Gasteiger partial charge in [-0.1, -0.05) is 12.1 Å². The van der Waals surface area contributed by atoms with E-state index in [0.29, 0.717) is 11.1 Å². The van der Waals surface area contributed by atoms with Gasteiger partial charge >= 0.3 is 11.9 Å². The van der Waals surface area contributed by atoms with Crippen molar-refractivity contribution in [2.24, 2.45) is 0 Å². The fourth-order valence-corrected chi connectivity index (χ4v) is 2.09. The number of esters is 2. The number of rotatable bonds is 6. The van der Waals surface area contributed by atoms with Crippen molar-refractivity contribution in [1.29, 1.82) is 0 Å². The Hall–Kier alpha value is -3.74. The zero-order valence-corrected chi connectivity index (χ0v) is 14.7. The van der Waals surface area contributed by atoms with Crippen LogP contribution >= 0.6 is 0 Å². The van der Waals surface area contributed by atoms with Gasteiger partial charge in [-0.3, -0.25) is 0 Å². The lowest BCUT2D eigenvalue weighted by Crippen LogP contribution is -2.06. The molecule has 0 aliphatic carbocycles. The van der Waals surface area contributed by atoms with E-state index in [2.05, 4.69) is 4.74 Å². The number of ether oxygens (including phenoxy) is 3. The van der Waals surface area contributed by atoms with Crippen molar-refractivity contribution in [2.45, 2.75) is 0 Å². The first-order valence-corrected chi connectivity index (χ1v) is 7.79. The molecule has 0 aromatic heterocycles. The summed E-state index contributed by atoms with van der Waals surface area (Å²) in [5.41, 5.74) is 1.17. The van der Waals surface area contributed by atoms with Gasteiger partial charge in [-0.15, -0.1) is 0 Å². The van der Waals surface area contributed by atoms with E-state index in [9.17, 15) is 19.8 Å². The summed E-state index contributed by atoms with van der Waals surface area (Å²) in [5.74, 6) is -1.39. The van der Waals surface area contributed by atoms with Gasteiger partial charge in [0.25, 0.3) is 0 Å². The Bertz CT molecular complexity index is 855. The number of carbonyl (C=O) groups excluding carboxylic acids is 2. The third kappa shape index (κ3) is 5.64. The zero-order valence-electron chi connectivity index (χ0n) is 14.7. The Labute approximate surface area is 155 Å². The Morgan fingerprint density at radius 3 is 1.78 bits per heavy atom. The monoisotopic (exact) mass is 370 g/mol. The maximum Gasteiger partial charge on any atom is 0.338 e. The highest BCUT2D eigenvalue weighted by molar-refractivity contribution is 5.99. The van der Waals surface area contributed by atoms with Gasteiger partial charge in [0.05, 0.1) is 14.2 Å². The van der Waals surface area contributed by atoms with Gasteiger partial charge in [-0.2, -0.15) is 0 Å². The minimum absolute atomic E-state index is 0.109.